The molecular formula is C47H94N4O2. The molecule has 0 aliphatic carbocycles. The Balaban J connectivity index is 2.59. The Morgan fingerprint density at radius 2 is 0.623 bits per heavy atom. The van der Waals surface area contributed by atoms with Gasteiger partial charge in [0.05, 0.1) is 6.54 Å². The van der Waals surface area contributed by atoms with Gasteiger partial charge in [-0.3, -0.25) is 14.5 Å². The van der Waals surface area contributed by atoms with Crippen LogP contribution < -0.4 is 0 Å². The van der Waals surface area contributed by atoms with Gasteiger partial charge >= 0.3 is 0 Å². The molecule has 1 rings (SSSR count). The molecule has 0 spiro atoms. The Morgan fingerprint density at radius 3 is 1.00 bits per heavy atom. The van der Waals surface area contributed by atoms with Crippen LogP contribution in [0.3, 0.4) is 0 Å². The van der Waals surface area contributed by atoms with Gasteiger partial charge in [-0.25, -0.2) is 0 Å². The minimum absolute atomic E-state index is 0.268. The lowest BCUT2D eigenvalue weighted by Crippen LogP contribution is -2.53. The Morgan fingerprint density at radius 1 is 0.340 bits per heavy atom. The molecule has 0 unspecified atom stereocenters. The van der Waals surface area contributed by atoms with Crippen LogP contribution >= 0.6 is 0 Å². The molecule has 2 amide bonds. The monoisotopic (exact) mass is 747 g/mol. The van der Waals surface area contributed by atoms with Crippen molar-refractivity contribution in [2.75, 3.05) is 65.4 Å². The van der Waals surface area contributed by atoms with Gasteiger partial charge in [-0.15, -0.1) is 0 Å². The highest BCUT2D eigenvalue weighted by atomic mass is 16.2. The minimum atomic E-state index is 0.268. The van der Waals surface area contributed by atoms with Crippen LogP contribution in [0.1, 0.15) is 227 Å². The number of hydrogen-bond donors (Lipinski definition) is 0. The van der Waals surface area contributed by atoms with Crippen LogP contribution in [0.25, 0.3) is 0 Å². The first kappa shape index (κ1) is 49.9. The van der Waals surface area contributed by atoms with E-state index in [1.807, 2.05) is 4.90 Å². The van der Waals surface area contributed by atoms with E-state index < -0.39 is 0 Å². The molecule has 1 fully saturated rings. The lowest BCUT2D eigenvalue weighted by atomic mass is 10.1. The van der Waals surface area contributed by atoms with Crippen molar-refractivity contribution in [3.63, 3.8) is 0 Å². The average molecular weight is 747 g/mol. The molecule has 0 atom stereocenters. The molecule has 53 heavy (non-hydrogen) atoms. The largest absolute Gasteiger partial charge is 0.339 e. The van der Waals surface area contributed by atoms with E-state index in [0.29, 0.717) is 45.1 Å². The predicted octanol–water partition coefficient (Wildman–Crippen LogP) is 12.4. The van der Waals surface area contributed by atoms with Crippen LogP contribution in [0, 0.1) is 0 Å². The fourth-order valence-electron chi connectivity index (χ4n) is 8.01. The van der Waals surface area contributed by atoms with Gasteiger partial charge in [-0.05, 0) is 45.3 Å². The molecule has 1 saturated heterocycles. The molecule has 6 heteroatoms. The van der Waals surface area contributed by atoms with Gasteiger partial charge in [-0.1, -0.05) is 195 Å². The van der Waals surface area contributed by atoms with Gasteiger partial charge in [0.2, 0.25) is 11.8 Å². The molecule has 1 aliphatic heterocycles. The van der Waals surface area contributed by atoms with Crippen molar-refractivity contribution in [1.29, 1.82) is 0 Å². The summed E-state index contributed by atoms with van der Waals surface area (Å²) in [6, 6.07) is 0. The maximum atomic E-state index is 13.7. The van der Waals surface area contributed by atoms with E-state index in [1.54, 1.807) is 0 Å². The minimum Gasteiger partial charge on any atom is -0.339 e. The number of piperazine rings is 1. The second-order valence-electron chi connectivity index (χ2n) is 16.8. The topological polar surface area (TPSA) is 47.1 Å². The third-order valence-electron chi connectivity index (χ3n) is 11.8. The van der Waals surface area contributed by atoms with Gasteiger partial charge in [0.1, 0.15) is 0 Å². The summed E-state index contributed by atoms with van der Waals surface area (Å²) in [4.78, 5) is 35.9. The second kappa shape index (κ2) is 37.8. The molecule has 0 aromatic rings. The molecule has 0 N–H and O–H groups in total. The molecular weight excluding hydrogens is 653 g/mol. The molecule has 1 heterocycles. The molecule has 6 nitrogen and oxygen atoms in total. The average Bonchev–Trinajstić information content (AvgIpc) is 3.17. The van der Waals surface area contributed by atoms with Crippen LogP contribution in [0.4, 0.5) is 0 Å². The van der Waals surface area contributed by atoms with Gasteiger partial charge < -0.3 is 14.7 Å². The quantitative estimate of drug-likeness (QED) is 0.0588. The fourth-order valence-corrected chi connectivity index (χ4v) is 8.01. The van der Waals surface area contributed by atoms with Crippen molar-refractivity contribution in [3.05, 3.63) is 0 Å². The standard InChI is InChI=1S/C47H94N4O2/c1-5-9-13-17-21-22-23-27-31-35-46(52)50-41-43-51(44-42-50)47(53)45-49(38-34-30-26-20-16-12-8-4)40-39-48(36-32-28-24-18-14-10-6-2)37-33-29-25-19-15-11-7-3/h5-45H2,1-4H3. The molecule has 0 aromatic heterocycles. The first-order valence-corrected chi connectivity index (χ1v) is 24.1. The summed E-state index contributed by atoms with van der Waals surface area (Å²) < 4.78 is 0. The molecule has 0 radical (unpaired) electrons. The predicted molar refractivity (Wildman–Crippen MR) is 232 cm³/mol. The zero-order valence-electron chi connectivity index (χ0n) is 36.6. The smallest absolute Gasteiger partial charge is 0.236 e. The maximum absolute atomic E-state index is 13.7. The van der Waals surface area contributed by atoms with Gasteiger partial charge in [-0.2, -0.15) is 0 Å². The lowest BCUT2D eigenvalue weighted by Gasteiger charge is -2.36. The van der Waals surface area contributed by atoms with Crippen LogP contribution in [0.5, 0.6) is 0 Å². The summed E-state index contributed by atoms with van der Waals surface area (Å²) >= 11 is 0. The van der Waals surface area contributed by atoms with Crippen LogP contribution in [-0.2, 0) is 9.59 Å². The Labute approximate surface area is 332 Å². The Kier molecular flexibility index (Phi) is 35.5. The van der Waals surface area contributed by atoms with Gasteiger partial charge in [0.15, 0.2) is 0 Å². The van der Waals surface area contributed by atoms with Crippen molar-refractivity contribution >= 4 is 11.8 Å². The number of amides is 2. The summed E-state index contributed by atoms with van der Waals surface area (Å²) in [5.74, 6) is 0.562. The number of hydrogen-bond acceptors (Lipinski definition) is 4. The number of carbonyl (C=O) groups excluding carboxylic acids is 2. The first-order chi connectivity index (χ1) is 26.0. The van der Waals surface area contributed by atoms with Crippen molar-refractivity contribution < 1.29 is 9.59 Å². The van der Waals surface area contributed by atoms with Crippen molar-refractivity contribution in [2.45, 2.75) is 227 Å². The van der Waals surface area contributed by atoms with Gasteiger partial charge in [0.25, 0.3) is 0 Å². The third kappa shape index (κ3) is 29.8. The Bertz CT molecular complexity index is 781. The zero-order valence-corrected chi connectivity index (χ0v) is 36.6. The summed E-state index contributed by atoms with van der Waals surface area (Å²) in [6.45, 7) is 18.0. The lowest BCUT2D eigenvalue weighted by molar-refractivity contribution is -0.140. The van der Waals surface area contributed by atoms with Crippen molar-refractivity contribution in [1.82, 2.24) is 19.6 Å². The summed E-state index contributed by atoms with van der Waals surface area (Å²) in [7, 11) is 0. The van der Waals surface area contributed by atoms with Crippen LogP contribution in [-0.4, -0.2) is 96.9 Å². The van der Waals surface area contributed by atoms with E-state index in [1.165, 1.54) is 199 Å². The second-order valence-corrected chi connectivity index (χ2v) is 16.8. The zero-order chi connectivity index (χ0) is 38.5. The number of rotatable bonds is 39. The van der Waals surface area contributed by atoms with Crippen molar-refractivity contribution in [2.24, 2.45) is 0 Å². The first-order valence-electron chi connectivity index (χ1n) is 24.1. The number of carbonyl (C=O) groups is 2. The number of unbranched alkanes of at least 4 members (excludes halogenated alkanes) is 26. The highest BCUT2D eigenvalue weighted by Crippen LogP contribution is 2.15. The van der Waals surface area contributed by atoms with E-state index in [0.717, 1.165) is 26.1 Å². The van der Waals surface area contributed by atoms with E-state index >= 15 is 0 Å². The summed E-state index contributed by atoms with van der Waals surface area (Å²) in [6.07, 6.45) is 40.3. The highest BCUT2D eigenvalue weighted by molar-refractivity contribution is 5.79. The van der Waals surface area contributed by atoms with Crippen molar-refractivity contribution in [3.8, 4) is 0 Å². The van der Waals surface area contributed by atoms with E-state index in [-0.39, 0.29) is 5.91 Å². The molecule has 314 valence electrons. The van der Waals surface area contributed by atoms with Crippen LogP contribution in [0.2, 0.25) is 0 Å². The van der Waals surface area contributed by atoms with E-state index in [4.69, 9.17) is 0 Å². The Hall–Kier alpha value is -1.14. The van der Waals surface area contributed by atoms with Crippen LogP contribution in [0.15, 0.2) is 0 Å². The normalized spacial score (nSPS) is 13.5. The maximum Gasteiger partial charge on any atom is 0.236 e. The molecule has 0 bridgehead atoms. The SMILES string of the molecule is CCCCCCCCCCCC(=O)N1CCN(C(=O)CN(CCCCCCCCC)CCN(CCCCCCCCC)CCCCCCCCC)CC1. The molecule has 0 saturated carbocycles. The molecule has 1 aliphatic rings. The van der Waals surface area contributed by atoms with E-state index in [2.05, 4.69) is 42.4 Å². The summed E-state index contributed by atoms with van der Waals surface area (Å²) in [5, 5.41) is 0. The highest BCUT2D eigenvalue weighted by Gasteiger charge is 2.25. The summed E-state index contributed by atoms with van der Waals surface area (Å²) in [5.41, 5.74) is 0. The number of nitrogens with zero attached hydrogens (tertiary/aromatic N) is 4. The van der Waals surface area contributed by atoms with Gasteiger partial charge in [0, 0.05) is 45.7 Å². The molecule has 0 aromatic carbocycles. The third-order valence-corrected chi connectivity index (χ3v) is 11.8. The van der Waals surface area contributed by atoms with E-state index in [9.17, 15) is 9.59 Å². The fraction of sp³-hybridized carbons (Fsp3) is 0.957.